The van der Waals surface area contributed by atoms with Gasteiger partial charge in [0.15, 0.2) is 0 Å². The molecule has 2 aromatic carbocycles. The molecule has 3 heteroatoms. The second-order valence-electron chi connectivity index (χ2n) is 7.43. The molecule has 3 nitrogen and oxygen atoms in total. The van der Waals surface area contributed by atoms with Gasteiger partial charge in [-0.15, -0.1) is 0 Å². The van der Waals surface area contributed by atoms with Gasteiger partial charge in [0.05, 0.1) is 27.2 Å². The lowest BCUT2D eigenvalue weighted by Crippen LogP contribution is -2.42. The molecule has 0 saturated carbocycles. The van der Waals surface area contributed by atoms with E-state index < -0.39 is 11.7 Å². The lowest BCUT2D eigenvalue weighted by Gasteiger charge is -2.34. The van der Waals surface area contributed by atoms with Crippen molar-refractivity contribution < 1.29 is 14.3 Å². The maximum Gasteiger partial charge on any atom is 0.145 e. The number of ether oxygens (including phenoxy) is 1. The first kappa shape index (κ1) is 16.2. The predicted octanol–water partition coefficient (Wildman–Crippen LogP) is 2.79. The van der Waals surface area contributed by atoms with Crippen molar-refractivity contribution in [1.29, 1.82) is 0 Å². The first-order chi connectivity index (χ1) is 10.9. The Bertz CT molecular complexity index is 594. The maximum absolute atomic E-state index is 11.0. The van der Waals surface area contributed by atoms with E-state index in [0.717, 1.165) is 22.2 Å². The number of hydrogen-bond donors (Lipinski definition) is 1. The molecule has 2 aromatic rings. The molecule has 0 bridgehead atoms. The molecule has 1 N–H and O–H groups in total. The van der Waals surface area contributed by atoms with E-state index in [9.17, 15) is 5.11 Å². The minimum Gasteiger partial charge on any atom is -0.389 e. The summed E-state index contributed by atoms with van der Waals surface area (Å²) >= 11 is 0. The molecule has 0 aliphatic carbocycles. The second kappa shape index (κ2) is 6.08. The second-order valence-corrected chi connectivity index (χ2v) is 7.43. The zero-order valence-corrected chi connectivity index (χ0v) is 14.1. The molecule has 1 saturated heterocycles. The third-order valence-corrected chi connectivity index (χ3v) is 4.46. The summed E-state index contributed by atoms with van der Waals surface area (Å²) in [6, 6.07) is 20.2. The van der Waals surface area contributed by atoms with Crippen LogP contribution in [0.2, 0.25) is 0 Å². The van der Waals surface area contributed by atoms with Gasteiger partial charge in [-0.25, -0.2) is 0 Å². The Hall–Kier alpha value is -1.68. The number of likely N-dealkylation sites (N-methyl/N-ethyl adjacent to an activating group) is 1. The van der Waals surface area contributed by atoms with Crippen molar-refractivity contribution in [2.45, 2.75) is 24.2 Å². The first-order valence-electron chi connectivity index (χ1n) is 8.19. The van der Waals surface area contributed by atoms with Crippen molar-refractivity contribution in [3.8, 4) is 0 Å². The van der Waals surface area contributed by atoms with Crippen molar-refractivity contribution in [3.63, 3.8) is 0 Å². The number of hydrogen-bond acceptors (Lipinski definition) is 2. The fourth-order valence-electron chi connectivity index (χ4n) is 3.59. The van der Waals surface area contributed by atoms with Crippen molar-refractivity contribution in [2.24, 2.45) is 0 Å². The lowest BCUT2D eigenvalue weighted by molar-refractivity contribution is -0.873. The van der Waals surface area contributed by atoms with Crippen LogP contribution in [-0.2, 0) is 10.3 Å². The SMILES string of the molecule is C[N+](C)(C)C[C@@H]1C[C@@H](O)C(c2ccccc2)(c2ccccc2)O1. The summed E-state index contributed by atoms with van der Waals surface area (Å²) in [6.07, 6.45) is 0.133. The molecular formula is C20H26NO2+. The summed E-state index contributed by atoms with van der Waals surface area (Å²) in [7, 11) is 6.46. The summed E-state index contributed by atoms with van der Waals surface area (Å²) in [5.74, 6) is 0. The van der Waals surface area contributed by atoms with Crippen LogP contribution in [0.4, 0.5) is 0 Å². The summed E-state index contributed by atoms with van der Waals surface area (Å²) in [5, 5.41) is 11.0. The Balaban J connectivity index is 2.04. The van der Waals surface area contributed by atoms with Crippen LogP contribution in [-0.4, -0.2) is 49.5 Å². The first-order valence-corrected chi connectivity index (χ1v) is 8.19. The highest BCUT2D eigenvalue weighted by Crippen LogP contribution is 2.45. The molecule has 1 heterocycles. The fraction of sp³-hybridized carbons (Fsp3) is 0.400. The van der Waals surface area contributed by atoms with Crippen LogP contribution in [0.1, 0.15) is 17.5 Å². The van der Waals surface area contributed by atoms with Gasteiger partial charge in [0.25, 0.3) is 0 Å². The van der Waals surface area contributed by atoms with Gasteiger partial charge in [-0.1, -0.05) is 60.7 Å². The van der Waals surface area contributed by atoms with E-state index >= 15 is 0 Å². The molecule has 23 heavy (non-hydrogen) atoms. The van der Waals surface area contributed by atoms with Gasteiger partial charge in [0, 0.05) is 6.42 Å². The quantitative estimate of drug-likeness (QED) is 0.880. The molecule has 0 aromatic heterocycles. The summed E-state index contributed by atoms with van der Waals surface area (Å²) in [4.78, 5) is 0. The summed E-state index contributed by atoms with van der Waals surface area (Å²) in [5.41, 5.74) is 1.26. The summed E-state index contributed by atoms with van der Waals surface area (Å²) < 4.78 is 7.36. The van der Waals surface area contributed by atoms with Crippen LogP contribution >= 0.6 is 0 Å². The molecular weight excluding hydrogens is 286 g/mol. The number of aliphatic hydroxyl groups excluding tert-OH is 1. The topological polar surface area (TPSA) is 29.5 Å². The van der Waals surface area contributed by atoms with E-state index in [-0.39, 0.29) is 6.10 Å². The van der Waals surface area contributed by atoms with Crippen LogP contribution in [0.15, 0.2) is 60.7 Å². The van der Waals surface area contributed by atoms with Crippen LogP contribution in [0, 0.1) is 0 Å². The van der Waals surface area contributed by atoms with Gasteiger partial charge >= 0.3 is 0 Å². The smallest absolute Gasteiger partial charge is 0.145 e. The van der Waals surface area contributed by atoms with Crippen LogP contribution in [0.5, 0.6) is 0 Å². The third kappa shape index (κ3) is 3.18. The van der Waals surface area contributed by atoms with Gasteiger partial charge in [0.1, 0.15) is 18.2 Å². The van der Waals surface area contributed by atoms with E-state index in [1.54, 1.807) is 0 Å². The molecule has 0 radical (unpaired) electrons. The lowest BCUT2D eigenvalue weighted by atomic mass is 9.82. The number of aliphatic hydroxyl groups is 1. The molecule has 1 aliphatic rings. The Morgan fingerprint density at radius 2 is 1.43 bits per heavy atom. The normalized spacial score (nSPS) is 23.8. The maximum atomic E-state index is 11.0. The number of quaternary nitrogens is 1. The van der Waals surface area contributed by atoms with E-state index in [2.05, 4.69) is 21.1 Å². The van der Waals surface area contributed by atoms with E-state index in [1.807, 2.05) is 60.7 Å². The molecule has 122 valence electrons. The average Bonchev–Trinajstić information content (AvgIpc) is 2.84. The van der Waals surface area contributed by atoms with Gasteiger partial charge in [0.2, 0.25) is 0 Å². The molecule has 1 fully saturated rings. The van der Waals surface area contributed by atoms with Crippen molar-refractivity contribution in [2.75, 3.05) is 27.7 Å². The zero-order chi connectivity index (χ0) is 16.5. The number of benzene rings is 2. The zero-order valence-electron chi connectivity index (χ0n) is 14.1. The van der Waals surface area contributed by atoms with Crippen LogP contribution in [0.25, 0.3) is 0 Å². The monoisotopic (exact) mass is 312 g/mol. The largest absolute Gasteiger partial charge is 0.389 e. The van der Waals surface area contributed by atoms with Crippen molar-refractivity contribution >= 4 is 0 Å². The molecule has 0 amide bonds. The van der Waals surface area contributed by atoms with Gasteiger partial charge in [-0.2, -0.15) is 0 Å². The van der Waals surface area contributed by atoms with Gasteiger partial charge < -0.3 is 14.3 Å². The molecule has 1 aliphatic heterocycles. The highest BCUT2D eigenvalue weighted by Gasteiger charge is 2.51. The van der Waals surface area contributed by atoms with Crippen molar-refractivity contribution in [1.82, 2.24) is 0 Å². The number of nitrogens with zero attached hydrogens (tertiary/aromatic N) is 1. The summed E-state index contributed by atoms with van der Waals surface area (Å²) in [6.45, 7) is 0.873. The fourth-order valence-corrected chi connectivity index (χ4v) is 3.59. The highest BCUT2D eigenvalue weighted by atomic mass is 16.5. The Labute approximate surface area is 138 Å². The molecule has 2 atom stereocenters. The van der Waals surface area contributed by atoms with Crippen molar-refractivity contribution in [3.05, 3.63) is 71.8 Å². The Kier molecular flexibility index (Phi) is 4.28. The number of rotatable bonds is 4. The molecule has 0 unspecified atom stereocenters. The average molecular weight is 312 g/mol. The van der Waals surface area contributed by atoms with Gasteiger partial charge in [-0.3, -0.25) is 0 Å². The molecule has 0 spiro atoms. The van der Waals surface area contributed by atoms with E-state index in [1.165, 1.54) is 0 Å². The predicted molar refractivity (Wildman–Crippen MR) is 92.1 cm³/mol. The minimum absolute atomic E-state index is 0.0328. The van der Waals surface area contributed by atoms with E-state index in [0.29, 0.717) is 6.42 Å². The standard InChI is InChI=1S/C20H26NO2/c1-21(2,3)15-18-14-19(22)20(23-18,16-10-6-4-7-11-16)17-12-8-5-9-13-17/h4-13,18-19,22H,14-15H2,1-3H3/q+1/t18-,19+/m0/s1. The van der Waals surface area contributed by atoms with Gasteiger partial charge in [-0.05, 0) is 11.1 Å². The molecule has 3 rings (SSSR count). The highest BCUT2D eigenvalue weighted by molar-refractivity contribution is 5.39. The Morgan fingerprint density at radius 3 is 1.87 bits per heavy atom. The third-order valence-electron chi connectivity index (χ3n) is 4.46. The minimum atomic E-state index is -0.775. The van der Waals surface area contributed by atoms with E-state index in [4.69, 9.17) is 4.74 Å². The van der Waals surface area contributed by atoms with Crippen LogP contribution in [0.3, 0.4) is 0 Å². The Morgan fingerprint density at radius 1 is 0.957 bits per heavy atom. The van der Waals surface area contributed by atoms with Crippen LogP contribution < -0.4 is 0 Å².